The lowest BCUT2D eigenvalue weighted by Gasteiger charge is -2.16. The number of fused-ring (bicyclic) bond motifs is 8. The summed E-state index contributed by atoms with van der Waals surface area (Å²) in [4.78, 5) is 34.9. The predicted molar refractivity (Wildman–Crippen MR) is 247 cm³/mol. The van der Waals surface area contributed by atoms with E-state index in [4.69, 9.17) is 29.9 Å². The van der Waals surface area contributed by atoms with Gasteiger partial charge in [-0.25, -0.2) is 15.0 Å². The van der Waals surface area contributed by atoms with Crippen LogP contribution in [0.1, 0.15) is 45.0 Å². The van der Waals surface area contributed by atoms with Gasteiger partial charge in [-0.05, 0) is 127 Å². The maximum Gasteiger partial charge on any atom is 0.141 e. The summed E-state index contributed by atoms with van der Waals surface area (Å²) in [5.41, 5.74) is 15.4. The molecule has 0 unspecified atom stereocenters. The fourth-order valence-corrected chi connectivity index (χ4v) is 8.12. The van der Waals surface area contributed by atoms with Crippen molar-refractivity contribution in [2.24, 2.45) is 0 Å². The molecule has 0 aromatic carbocycles. The smallest absolute Gasteiger partial charge is 0.141 e. The molecule has 9 rings (SSSR count). The fourth-order valence-electron chi connectivity index (χ4n) is 8.12. The third-order valence-corrected chi connectivity index (χ3v) is 10.6. The molecule has 0 atom stereocenters. The zero-order valence-corrected chi connectivity index (χ0v) is 33.2. The van der Waals surface area contributed by atoms with Gasteiger partial charge in [0, 0.05) is 46.9 Å². The van der Waals surface area contributed by atoms with E-state index >= 15 is 0 Å². The molecule has 7 aromatic heterocycles. The van der Waals surface area contributed by atoms with Crippen molar-refractivity contribution in [2.75, 3.05) is 0 Å². The summed E-state index contributed by atoms with van der Waals surface area (Å²) < 4.78 is 2.25. The van der Waals surface area contributed by atoms with Crippen LogP contribution < -0.4 is 0 Å². The summed E-state index contributed by atoms with van der Waals surface area (Å²) in [6.07, 6.45) is 25.6. The lowest BCUT2D eigenvalue weighted by atomic mass is 9.92. The van der Waals surface area contributed by atoms with E-state index in [0.717, 1.165) is 107 Å². The largest absolute Gasteiger partial charge is 0.355 e. The van der Waals surface area contributed by atoms with Gasteiger partial charge in [0.15, 0.2) is 0 Å². The molecule has 2 aliphatic rings. The molecule has 0 fully saturated rings. The van der Waals surface area contributed by atoms with Crippen LogP contribution in [0.2, 0.25) is 0 Å². The molecule has 7 aromatic rings. The first-order valence-corrected chi connectivity index (χ1v) is 20.0. The lowest BCUT2D eigenvalue weighted by Crippen LogP contribution is -2.05. The number of aromatic amines is 1. The highest BCUT2D eigenvalue weighted by molar-refractivity contribution is 6.10. The Hall–Kier alpha value is -7.84. The molecular formula is C52H42N8. The standard InChI is InChI=1S/C52H42N8/c1-5-13-34-17-9-27-53-48(34)45-43-26-25-41(59-43)32-40-22-21-38(57-40)31-39-23-24-42(58-39)33-44-46(49-35(14-6-2)18-10-28-54-49)47(50-36(15-7-3)19-11-29-55-50)51(45)60(44)52-37(16-8-4)20-12-30-56-52/h5-12,17-33,57H,1-4,13-16H2. The van der Waals surface area contributed by atoms with Gasteiger partial charge in [-0.2, -0.15) is 0 Å². The Kier molecular flexibility index (Phi) is 10.4. The molecule has 0 radical (unpaired) electrons. The highest BCUT2D eigenvalue weighted by Gasteiger charge is 2.30. The molecule has 60 heavy (non-hydrogen) atoms. The maximum atomic E-state index is 5.39. The normalized spacial score (nSPS) is 11.7. The average Bonchev–Trinajstić information content (AvgIpc) is 4.08. The van der Waals surface area contributed by atoms with E-state index in [-0.39, 0.29) is 0 Å². The van der Waals surface area contributed by atoms with Crippen molar-refractivity contribution < 1.29 is 0 Å². The van der Waals surface area contributed by atoms with Crippen molar-refractivity contribution in [3.63, 3.8) is 0 Å². The zero-order chi connectivity index (χ0) is 41.0. The fraction of sp³-hybridized carbons (Fsp3) is 0.0769. The molecular weight excluding hydrogens is 737 g/mol. The van der Waals surface area contributed by atoms with Gasteiger partial charge in [0.05, 0.1) is 56.5 Å². The Labute approximate surface area is 349 Å². The maximum absolute atomic E-state index is 5.39. The van der Waals surface area contributed by atoms with Crippen LogP contribution in [0.4, 0.5) is 0 Å². The molecule has 8 nitrogen and oxygen atoms in total. The molecule has 1 N–H and O–H groups in total. The highest BCUT2D eigenvalue weighted by Crippen LogP contribution is 2.48. The molecule has 0 saturated heterocycles. The van der Waals surface area contributed by atoms with E-state index in [0.29, 0.717) is 25.7 Å². The number of hydrogen-bond acceptors (Lipinski definition) is 6. The highest BCUT2D eigenvalue weighted by atomic mass is 15.1. The predicted octanol–water partition coefficient (Wildman–Crippen LogP) is 11.6. The van der Waals surface area contributed by atoms with Gasteiger partial charge in [0.2, 0.25) is 0 Å². The Bertz CT molecular complexity index is 3090. The Morgan fingerprint density at radius 2 is 0.950 bits per heavy atom. The first kappa shape index (κ1) is 37.7. The number of aromatic nitrogens is 8. The second-order valence-electron chi connectivity index (χ2n) is 14.5. The third-order valence-electron chi connectivity index (χ3n) is 10.6. The molecule has 290 valence electrons. The summed E-state index contributed by atoms with van der Waals surface area (Å²) in [5, 5.41) is 0. The van der Waals surface area contributed by atoms with E-state index < -0.39 is 0 Å². The molecule has 0 amide bonds. The second-order valence-corrected chi connectivity index (χ2v) is 14.5. The number of hydrogen-bond donors (Lipinski definition) is 1. The van der Waals surface area contributed by atoms with Gasteiger partial charge >= 0.3 is 0 Å². The van der Waals surface area contributed by atoms with Crippen molar-refractivity contribution >= 4 is 46.4 Å². The second kappa shape index (κ2) is 16.6. The average molecular weight is 779 g/mol. The van der Waals surface area contributed by atoms with Gasteiger partial charge in [-0.1, -0.05) is 48.6 Å². The number of nitrogens with one attached hydrogen (secondary N) is 1. The number of pyridine rings is 4. The van der Waals surface area contributed by atoms with Crippen LogP contribution in [0.25, 0.3) is 86.0 Å². The number of rotatable bonds is 12. The van der Waals surface area contributed by atoms with Crippen LogP contribution in [-0.2, 0) is 25.7 Å². The topological polar surface area (TPSA) is 98.1 Å². The van der Waals surface area contributed by atoms with Crippen molar-refractivity contribution in [2.45, 2.75) is 25.7 Å². The first-order valence-electron chi connectivity index (χ1n) is 20.0. The summed E-state index contributed by atoms with van der Waals surface area (Å²) >= 11 is 0. The summed E-state index contributed by atoms with van der Waals surface area (Å²) in [6.45, 7) is 16.6. The molecule has 8 bridgehead atoms. The SMILES string of the molecule is C=CCc1cccnc1-c1c(-c2ncccc2CC=C)c2c(-c3ncccc3CC=C)c3nc(cc4ccc(cc5nc(cc1n2-c1ncccc1CC=C)C=C5)[nH]4)C=C3. The summed E-state index contributed by atoms with van der Waals surface area (Å²) in [6, 6.07) is 26.7. The van der Waals surface area contributed by atoms with Crippen LogP contribution in [0.5, 0.6) is 0 Å². The summed E-state index contributed by atoms with van der Waals surface area (Å²) in [7, 11) is 0. The summed E-state index contributed by atoms with van der Waals surface area (Å²) in [5.74, 6) is 0.725. The third kappa shape index (κ3) is 7.05. The van der Waals surface area contributed by atoms with Crippen LogP contribution in [0.3, 0.4) is 0 Å². The number of allylic oxidation sites excluding steroid dienone is 4. The molecule has 0 aliphatic carbocycles. The molecule has 0 saturated carbocycles. The van der Waals surface area contributed by atoms with E-state index in [2.05, 4.69) is 90.5 Å². The minimum absolute atomic E-state index is 0.570. The van der Waals surface area contributed by atoms with E-state index in [1.807, 2.05) is 97.7 Å². The van der Waals surface area contributed by atoms with Crippen molar-refractivity contribution in [1.29, 1.82) is 0 Å². The molecule has 0 spiro atoms. The van der Waals surface area contributed by atoms with Crippen LogP contribution >= 0.6 is 0 Å². The van der Waals surface area contributed by atoms with Gasteiger partial charge in [0.25, 0.3) is 0 Å². The lowest BCUT2D eigenvalue weighted by molar-refractivity contribution is 1.03. The number of nitrogens with zero attached hydrogens (tertiary/aromatic N) is 7. The van der Waals surface area contributed by atoms with Crippen LogP contribution in [0.15, 0.2) is 154 Å². The van der Waals surface area contributed by atoms with Gasteiger partial charge in [0.1, 0.15) is 5.82 Å². The van der Waals surface area contributed by atoms with Crippen molar-refractivity contribution in [1.82, 2.24) is 39.5 Å². The quantitative estimate of drug-likeness (QED) is 0.124. The van der Waals surface area contributed by atoms with E-state index in [1.165, 1.54) is 0 Å². The zero-order valence-electron chi connectivity index (χ0n) is 33.2. The first-order chi connectivity index (χ1) is 29.6. The molecule has 2 aliphatic heterocycles. The van der Waals surface area contributed by atoms with Crippen molar-refractivity contribution in [3.05, 3.63) is 199 Å². The van der Waals surface area contributed by atoms with Gasteiger partial charge < -0.3 is 4.98 Å². The van der Waals surface area contributed by atoms with Gasteiger partial charge in [-0.15, -0.1) is 26.3 Å². The minimum Gasteiger partial charge on any atom is -0.355 e. The van der Waals surface area contributed by atoms with E-state index in [1.54, 1.807) is 0 Å². The van der Waals surface area contributed by atoms with E-state index in [9.17, 15) is 0 Å². The molecule has 9 heterocycles. The molecule has 8 heteroatoms. The Balaban J connectivity index is 1.67. The Morgan fingerprint density at radius 3 is 1.53 bits per heavy atom. The Morgan fingerprint density at radius 1 is 0.483 bits per heavy atom. The van der Waals surface area contributed by atoms with Gasteiger partial charge in [-0.3, -0.25) is 19.5 Å². The number of H-pyrrole nitrogens is 1. The monoisotopic (exact) mass is 778 g/mol. The van der Waals surface area contributed by atoms with Crippen LogP contribution in [-0.4, -0.2) is 39.5 Å². The minimum atomic E-state index is 0.570. The van der Waals surface area contributed by atoms with Crippen molar-refractivity contribution in [3.8, 4) is 39.6 Å². The van der Waals surface area contributed by atoms with Crippen LogP contribution in [0, 0.1) is 0 Å².